The standard InChI is InChI=1S/C9H18N4O/c1-3-5-13-8(6-11-12-13)9(14)7-10-4-2/h6,9-10,14H,3-5,7H2,1-2H3. The molecule has 1 rings (SSSR count). The summed E-state index contributed by atoms with van der Waals surface area (Å²) in [5.41, 5.74) is 0.785. The summed E-state index contributed by atoms with van der Waals surface area (Å²) in [5, 5.41) is 20.6. The Balaban J connectivity index is 2.58. The molecule has 2 N–H and O–H groups in total. The zero-order chi connectivity index (χ0) is 10.4. The van der Waals surface area contributed by atoms with Gasteiger partial charge >= 0.3 is 0 Å². The second-order valence-electron chi connectivity index (χ2n) is 3.21. The zero-order valence-electron chi connectivity index (χ0n) is 8.77. The molecule has 1 aromatic rings. The maximum absolute atomic E-state index is 9.78. The number of hydrogen-bond acceptors (Lipinski definition) is 4. The molecule has 0 fully saturated rings. The Morgan fingerprint density at radius 1 is 1.57 bits per heavy atom. The molecule has 0 aliphatic rings. The van der Waals surface area contributed by atoms with Crippen molar-refractivity contribution in [2.24, 2.45) is 0 Å². The lowest BCUT2D eigenvalue weighted by Crippen LogP contribution is -2.23. The third kappa shape index (κ3) is 2.78. The fraction of sp³-hybridized carbons (Fsp3) is 0.778. The van der Waals surface area contributed by atoms with Gasteiger partial charge in [0.25, 0.3) is 0 Å². The topological polar surface area (TPSA) is 63.0 Å². The first-order valence-corrected chi connectivity index (χ1v) is 5.06. The normalized spacial score (nSPS) is 13.1. The van der Waals surface area contributed by atoms with E-state index in [1.807, 2.05) is 6.92 Å². The molecule has 0 aliphatic heterocycles. The van der Waals surface area contributed by atoms with Crippen molar-refractivity contribution in [2.45, 2.75) is 32.9 Å². The first-order valence-electron chi connectivity index (χ1n) is 5.06. The number of likely N-dealkylation sites (N-methyl/N-ethyl adjacent to an activating group) is 1. The smallest absolute Gasteiger partial charge is 0.110 e. The summed E-state index contributed by atoms with van der Waals surface area (Å²) in [6, 6.07) is 0. The monoisotopic (exact) mass is 198 g/mol. The van der Waals surface area contributed by atoms with Crippen molar-refractivity contribution in [1.29, 1.82) is 0 Å². The lowest BCUT2D eigenvalue weighted by atomic mass is 10.2. The highest BCUT2D eigenvalue weighted by Gasteiger charge is 2.12. The van der Waals surface area contributed by atoms with E-state index in [9.17, 15) is 5.11 Å². The Kier molecular flexibility index (Phi) is 4.55. The van der Waals surface area contributed by atoms with Gasteiger partial charge in [0.2, 0.25) is 0 Å². The van der Waals surface area contributed by atoms with Gasteiger partial charge in [0, 0.05) is 13.1 Å². The minimum absolute atomic E-state index is 0.517. The first kappa shape index (κ1) is 11.1. The van der Waals surface area contributed by atoms with Gasteiger partial charge in [-0.05, 0) is 13.0 Å². The van der Waals surface area contributed by atoms with Gasteiger partial charge in [-0.1, -0.05) is 19.1 Å². The Labute approximate surface area is 84.1 Å². The molecule has 5 heteroatoms. The summed E-state index contributed by atoms with van der Waals surface area (Å²) >= 11 is 0. The number of hydrogen-bond donors (Lipinski definition) is 2. The maximum Gasteiger partial charge on any atom is 0.110 e. The van der Waals surface area contributed by atoms with E-state index in [4.69, 9.17) is 0 Å². The minimum atomic E-state index is -0.517. The summed E-state index contributed by atoms with van der Waals surface area (Å²) in [6.07, 6.45) is 2.10. The van der Waals surface area contributed by atoms with Crippen LogP contribution in [0.25, 0.3) is 0 Å². The van der Waals surface area contributed by atoms with E-state index >= 15 is 0 Å². The van der Waals surface area contributed by atoms with Gasteiger partial charge in [0.05, 0.1) is 11.9 Å². The van der Waals surface area contributed by atoms with Crippen molar-refractivity contribution in [3.63, 3.8) is 0 Å². The molecule has 1 unspecified atom stereocenters. The van der Waals surface area contributed by atoms with Crippen LogP contribution in [-0.2, 0) is 6.54 Å². The third-order valence-corrected chi connectivity index (χ3v) is 2.01. The molecule has 1 aromatic heterocycles. The lowest BCUT2D eigenvalue weighted by Gasteiger charge is -2.11. The van der Waals surface area contributed by atoms with Gasteiger partial charge in [-0.3, -0.25) is 0 Å². The van der Waals surface area contributed by atoms with E-state index < -0.39 is 6.10 Å². The number of nitrogens with zero attached hydrogens (tertiary/aromatic N) is 3. The molecule has 0 spiro atoms. The molecular formula is C9H18N4O. The van der Waals surface area contributed by atoms with Crippen LogP contribution in [0, 0.1) is 0 Å². The van der Waals surface area contributed by atoms with Crippen molar-refractivity contribution in [1.82, 2.24) is 20.3 Å². The van der Waals surface area contributed by atoms with Crippen molar-refractivity contribution < 1.29 is 5.11 Å². The van der Waals surface area contributed by atoms with Crippen molar-refractivity contribution >= 4 is 0 Å². The van der Waals surface area contributed by atoms with E-state index in [1.165, 1.54) is 0 Å². The molecule has 0 bridgehead atoms. The Morgan fingerprint density at radius 3 is 3.00 bits per heavy atom. The van der Waals surface area contributed by atoms with E-state index in [2.05, 4.69) is 22.6 Å². The summed E-state index contributed by atoms with van der Waals surface area (Å²) < 4.78 is 1.75. The molecule has 80 valence electrons. The summed E-state index contributed by atoms with van der Waals surface area (Å²) in [5.74, 6) is 0. The number of aliphatic hydroxyl groups excluding tert-OH is 1. The SMILES string of the molecule is CCCn1nncc1C(O)CNCC. The quantitative estimate of drug-likeness (QED) is 0.691. The molecule has 0 amide bonds. The van der Waals surface area contributed by atoms with Crippen LogP contribution in [-0.4, -0.2) is 33.2 Å². The van der Waals surface area contributed by atoms with Gasteiger partial charge in [0.15, 0.2) is 0 Å². The predicted molar refractivity (Wildman–Crippen MR) is 53.8 cm³/mol. The fourth-order valence-electron chi connectivity index (χ4n) is 1.29. The third-order valence-electron chi connectivity index (χ3n) is 2.01. The van der Waals surface area contributed by atoms with E-state index in [1.54, 1.807) is 10.9 Å². The molecule has 14 heavy (non-hydrogen) atoms. The molecule has 0 aromatic carbocycles. The summed E-state index contributed by atoms with van der Waals surface area (Å²) in [4.78, 5) is 0. The van der Waals surface area contributed by atoms with Crippen LogP contribution >= 0.6 is 0 Å². The van der Waals surface area contributed by atoms with Gasteiger partial charge in [-0.15, -0.1) is 5.10 Å². The van der Waals surface area contributed by atoms with Crippen LogP contribution in [0.1, 0.15) is 32.1 Å². The number of aliphatic hydroxyl groups is 1. The molecule has 1 atom stereocenters. The van der Waals surface area contributed by atoms with Crippen LogP contribution < -0.4 is 5.32 Å². The highest BCUT2D eigenvalue weighted by molar-refractivity contribution is 4.99. The number of rotatable bonds is 6. The number of nitrogens with one attached hydrogen (secondary N) is 1. The molecule has 0 saturated carbocycles. The van der Waals surface area contributed by atoms with Crippen LogP contribution in [0.3, 0.4) is 0 Å². The first-order chi connectivity index (χ1) is 6.79. The molecular weight excluding hydrogens is 180 g/mol. The van der Waals surface area contributed by atoms with E-state index in [0.29, 0.717) is 6.54 Å². The second kappa shape index (κ2) is 5.72. The van der Waals surface area contributed by atoms with Crippen LogP contribution in [0.15, 0.2) is 6.20 Å². The predicted octanol–water partition coefficient (Wildman–Crippen LogP) is 0.331. The van der Waals surface area contributed by atoms with E-state index in [-0.39, 0.29) is 0 Å². The van der Waals surface area contributed by atoms with E-state index in [0.717, 1.165) is 25.2 Å². The maximum atomic E-state index is 9.78. The fourth-order valence-corrected chi connectivity index (χ4v) is 1.29. The van der Waals surface area contributed by atoms with Gasteiger partial charge in [-0.2, -0.15) is 0 Å². The molecule has 1 heterocycles. The van der Waals surface area contributed by atoms with Crippen molar-refractivity contribution in [2.75, 3.05) is 13.1 Å². The van der Waals surface area contributed by atoms with Crippen molar-refractivity contribution in [3.8, 4) is 0 Å². The Hall–Kier alpha value is -0.940. The Morgan fingerprint density at radius 2 is 2.36 bits per heavy atom. The van der Waals surface area contributed by atoms with Gasteiger partial charge in [-0.25, -0.2) is 4.68 Å². The van der Waals surface area contributed by atoms with Crippen LogP contribution in [0.4, 0.5) is 0 Å². The number of aromatic nitrogens is 3. The zero-order valence-corrected chi connectivity index (χ0v) is 8.77. The number of aryl methyl sites for hydroxylation is 1. The molecule has 0 radical (unpaired) electrons. The van der Waals surface area contributed by atoms with Crippen molar-refractivity contribution in [3.05, 3.63) is 11.9 Å². The van der Waals surface area contributed by atoms with Gasteiger partial charge in [0.1, 0.15) is 6.10 Å². The summed E-state index contributed by atoms with van der Waals surface area (Å²) in [7, 11) is 0. The lowest BCUT2D eigenvalue weighted by molar-refractivity contribution is 0.164. The van der Waals surface area contributed by atoms with Crippen LogP contribution in [0.5, 0.6) is 0 Å². The molecule has 0 aliphatic carbocycles. The summed E-state index contributed by atoms with van der Waals surface area (Å²) in [6.45, 7) is 6.29. The minimum Gasteiger partial charge on any atom is -0.385 e. The largest absolute Gasteiger partial charge is 0.385 e. The highest BCUT2D eigenvalue weighted by Crippen LogP contribution is 2.09. The average molecular weight is 198 g/mol. The Bertz CT molecular complexity index is 261. The second-order valence-corrected chi connectivity index (χ2v) is 3.21. The van der Waals surface area contributed by atoms with Crippen LogP contribution in [0.2, 0.25) is 0 Å². The van der Waals surface area contributed by atoms with Gasteiger partial charge < -0.3 is 10.4 Å². The average Bonchev–Trinajstić information content (AvgIpc) is 2.63. The molecule has 5 nitrogen and oxygen atoms in total. The highest BCUT2D eigenvalue weighted by atomic mass is 16.3. The molecule has 0 saturated heterocycles.